The molecule has 0 saturated heterocycles. The number of thioether (sulfide) groups is 1. The molecule has 0 aliphatic heterocycles. The molecule has 1 aromatic carbocycles. The van der Waals surface area contributed by atoms with Crippen LogP contribution < -0.4 is 21.7 Å². The highest BCUT2D eigenvalue weighted by molar-refractivity contribution is 8.01. The maximum Gasteiger partial charge on any atom is 0.290 e. The van der Waals surface area contributed by atoms with E-state index in [2.05, 4.69) is 26.4 Å². The normalized spacial score (nSPS) is 11.7. The molecule has 3 aromatic rings. The van der Waals surface area contributed by atoms with Gasteiger partial charge >= 0.3 is 0 Å². The number of hydrazine groups is 1. The van der Waals surface area contributed by atoms with Crippen LogP contribution in [-0.4, -0.2) is 43.7 Å². The van der Waals surface area contributed by atoms with E-state index in [4.69, 9.17) is 4.52 Å². The van der Waals surface area contributed by atoms with Gasteiger partial charge in [0.15, 0.2) is 11.5 Å². The predicted octanol–water partition coefficient (Wildman–Crippen LogP) is 1.62. The van der Waals surface area contributed by atoms with Crippen molar-refractivity contribution in [2.75, 3.05) is 11.1 Å². The summed E-state index contributed by atoms with van der Waals surface area (Å²) in [6, 6.07) is 8.25. The summed E-state index contributed by atoms with van der Waals surface area (Å²) in [4.78, 5) is 49.6. The molecule has 0 spiro atoms. The highest BCUT2D eigenvalue weighted by Crippen LogP contribution is 2.15. The van der Waals surface area contributed by atoms with E-state index in [1.54, 1.807) is 44.2 Å². The number of nitrogens with one attached hydrogen (secondary N) is 3. The summed E-state index contributed by atoms with van der Waals surface area (Å²) >= 11 is 1.08. The van der Waals surface area contributed by atoms with Crippen molar-refractivity contribution in [3.63, 3.8) is 0 Å². The van der Waals surface area contributed by atoms with Crippen LogP contribution in [0.15, 0.2) is 39.6 Å². The lowest BCUT2D eigenvalue weighted by Crippen LogP contribution is -2.44. The first-order valence-corrected chi connectivity index (χ1v) is 11.3. The molecule has 0 radical (unpaired) electrons. The fourth-order valence-electron chi connectivity index (χ4n) is 2.92. The van der Waals surface area contributed by atoms with E-state index in [9.17, 15) is 19.2 Å². The van der Waals surface area contributed by atoms with Crippen molar-refractivity contribution in [1.29, 1.82) is 0 Å². The Balaban J connectivity index is 1.57. The van der Waals surface area contributed by atoms with Gasteiger partial charge in [0.25, 0.3) is 11.5 Å². The van der Waals surface area contributed by atoms with Crippen molar-refractivity contribution in [2.24, 2.45) is 0 Å². The van der Waals surface area contributed by atoms with Crippen LogP contribution in [0, 0.1) is 6.92 Å². The minimum atomic E-state index is -0.651. The molecule has 0 aliphatic rings. The van der Waals surface area contributed by atoms with Crippen molar-refractivity contribution in [2.45, 2.75) is 39.0 Å². The summed E-state index contributed by atoms with van der Waals surface area (Å²) in [5.41, 5.74) is 4.39. The molecule has 12 heteroatoms. The topological polar surface area (TPSA) is 148 Å². The lowest BCUT2D eigenvalue weighted by molar-refractivity contribution is -0.119. The van der Waals surface area contributed by atoms with Gasteiger partial charge in [0, 0.05) is 18.0 Å². The van der Waals surface area contributed by atoms with Crippen LogP contribution in [0.3, 0.4) is 0 Å². The van der Waals surface area contributed by atoms with Gasteiger partial charge in [-0.3, -0.25) is 30.0 Å². The fraction of sp³-hybridized carbons (Fsp3) is 0.333. The number of rotatable bonds is 8. The van der Waals surface area contributed by atoms with E-state index in [-0.39, 0.29) is 22.9 Å². The quantitative estimate of drug-likeness (QED) is 0.419. The monoisotopic (exact) mass is 472 g/mol. The lowest BCUT2D eigenvalue weighted by Gasteiger charge is -2.12. The van der Waals surface area contributed by atoms with Gasteiger partial charge in [-0.15, -0.1) is 11.8 Å². The van der Waals surface area contributed by atoms with Gasteiger partial charge in [0.1, 0.15) is 5.76 Å². The number of anilines is 1. The molecule has 1 atom stereocenters. The van der Waals surface area contributed by atoms with Gasteiger partial charge in [-0.1, -0.05) is 30.3 Å². The Morgan fingerprint density at radius 2 is 1.91 bits per heavy atom. The van der Waals surface area contributed by atoms with Crippen LogP contribution in [0.4, 0.5) is 5.82 Å². The number of benzene rings is 1. The minimum Gasteiger partial charge on any atom is -0.360 e. The zero-order chi connectivity index (χ0) is 24.0. The lowest BCUT2D eigenvalue weighted by atomic mass is 10.1. The molecular formula is C21H24N6O5S. The molecule has 3 amide bonds. The minimum absolute atomic E-state index is 0.0299. The van der Waals surface area contributed by atoms with Gasteiger partial charge in [-0.25, -0.2) is 4.68 Å². The largest absolute Gasteiger partial charge is 0.360 e. The number of hydrogen-bond donors (Lipinski definition) is 3. The molecule has 3 N–H and O–H groups in total. The maximum absolute atomic E-state index is 12.7. The van der Waals surface area contributed by atoms with E-state index in [1.807, 2.05) is 6.92 Å². The zero-order valence-electron chi connectivity index (χ0n) is 18.4. The number of carbonyl (C=O) groups excluding carboxylic acids is 3. The molecule has 33 heavy (non-hydrogen) atoms. The van der Waals surface area contributed by atoms with E-state index in [0.717, 1.165) is 11.8 Å². The van der Waals surface area contributed by atoms with Crippen LogP contribution in [0.5, 0.6) is 0 Å². The third-order valence-electron chi connectivity index (χ3n) is 4.55. The van der Waals surface area contributed by atoms with Crippen molar-refractivity contribution < 1.29 is 18.9 Å². The van der Waals surface area contributed by atoms with E-state index in [1.165, 1.54) is 4.68 Å². The molecule has 174 valence electrons. The van der Waals surface area contributed by atoms with Gasteiger partial charge < -0.3 is 9.84 Å². The number of hydrogen-bond acceptors (Lipinski definition) is 8. The van der Waals surface area contributed by atoms with Crippen LogP contribution in [0.25, 0.3) is 10.8 Å². The Bertz CT molecular complexity index is 1240. The average Bonchev–Trinajstić information content (AvgIpc) is 3.22. The van der Waals surface area contributed by atoms with E-state index < -0.39 is 17.1 Å². The van der Waals surface area contributed by atoms with E-state index in [0.29, 0.717) is 35.3 Å². The second-order valence-corrected chi connectivity index (χ2v) is 8.52. The number of nitrogens with zero attached hydrogens (tertiary/aromatic N) is 3. The van der Waals surface area contributed by atoms with Gasteiger partial charge in [-0.2, -0.15) is 5.10 Å². The Labute approximate surface area is 193 Å². The molecule has 0 fully saturated rings. The molecule has 0 unspecified atom stereocenters. The number of aryl methyl sites for hydroxylation is 2. The van der Waals surface area contributed by atoms with Crippen LogP contribution in [0.1, 0.15) is 36.5 Å². The van der Waals surface area contributed by atoms with Gasteiger partial charge in [0.05, 0.1) is 16.4 Å². The van der Waals surface area contributed by atoms with Gasteiger partial charge in [0.2, 0.25) is 11.8 Å². The maximum atomic E-state index is 12.7. The highest BCUT2D eigenvalue weighted by atomic mass is 32.2. The summed E-state index contributed by atoms with van der Waals surface area (Å²) in [5, 5.41) is 10.7. The molecule has 0 aliphatic carbocycles. The average molecular weight is 473 g/mol. The second kappa shape index (κ2) is 10.8. The van der Waals surface area contributed by atoms with Crippen molar-refractivity contribution >= 4 is 46.1 Å². The Morgan fingerprint density at radius 1 is 1.18 bits per heavy atom. The predicted molar refractivity (Wildman–Crippen MR) is 124 cm³/mol. The Kier molecular flexibility index (Phi) is 7.83. The third kappa shape index (κ3) is 5.98. The standard InChI is InChI=1S/C21H24N6O5S/c1-4-9-27-21(31)15-8-6-5-7-14(15)18(25-27)20(30)24-23-17(28)11-33-13(3)19(29)22-16-10-12(2)32-26-16/h5-8,10,13H,4,9,11H2,1-3H3,(H,23,28)(H,24,30)(H,22,26,29)/t13-/m1/s1. The second-order valence-electron chi connectivity index (χ2n) is 7.19. The number of fused-ring (bicyclic) bond motifs is 1. The third-order valence-corrected chi connectivity index (χ3v) is 5.69. The van der Waals surface area contributed by atoms with Crippen LogP contribution in [0.2, 0.25) is 0 Å². The molecule has 2 heterocycles. The number of aromatic nitrogens is 3. The first-order valence-electron chi connectivity index (χ1n) is 10.2. The van der Waals surface area contributed by atoms with Crippen LogP contribution >= 0.6 is 11.8 Å². The molecular weight excluding hydrogens is 448 g/mol. The fourth-order valence-corrected chi connectivity index (χ4v) is 3.60. The van der Waals surface area contributed by atoms with Crippen molar-refractivity contribution in [1.82, 2.24) is 25.8 Å². The summed E-state index contributed by atoms with van der Waals surface area (Å²) in [7, 11) is 0. The number of amides is 3. The first kappa shape index (κ1) is 24.0. The molecule has 2 aromatic heterocycles. The molecule has 0 bridgehead atoms. The van der Waals surface area contributed by atoms with Crippen molar-refractivity contribution in [3.05, 3.63) is 52.1 Å². The van der Waals surface area contributed by atoms with Gasteiger partial charge in [-0.05, 0) is 26.3 Å². The van der Waals surface area contributed by atoms with Crippen molar-refractivity contribution in [3.8, 4) is 0 Å². The first-order chi connectivity index (χ1) is 15.8. The smallest absolute Gasteiger partial charge is 0.290 e. The summed E-state index contributed by atoms with van der Waals surface area (Å²) < 4.78 is 6.13. The molecule has 3 rings (SSSR count). The Morgan fingerprint density at radius 3 is 2.58 bits per heavy atom. The zero-order valence-corrected chi connectivity index (χ0v) is 19.2. The highest BCUT2D eigenvalue weighted by Gasteiger charge is 2.19. The summed E-state index contributed by atoms with van der Waals surface area (Å²) in [6.45, 7) is 5.61. The molecule has 0 saturated carbocycles. The molecule has 11 nitrogen and oxygen atoms in total. The SMILES string of the molecule is CCCn1nc(C(=O)NNC(=O)CS[C@H](C)C(=O)Nc2cc(C)on2)c2ccccc2c1=O. The summed E-state index contributed by atoms with van der Waals surface area (Å²) in [5.74, 6) is -0.702. The van der Waals surface area contributed by atoms with Crippen LogP contribution in [-0.2, 0) is 16.1 Å². The Hall–Kier alpha value is -3.67. The summed E-state index contributed by atoms with van der Waals surface area (Å²) in [6.07, 6.45) is 0.669. The van der Waals surface area contributed by atoms with E-state index >= 15 is 0 Å². The number of carbonyl (C=O) groups is 3.